The molecule has 2 aliphatic heterocycles. The van der Waals surface area contributed by atoms with E-state index in [9.17, 15) is 4.79 Å². The molecule has 28 heavy (non-hydrogen) atoms. The Morgan fingerprint density at radius 1 is 1.18 bits per heavy atom. The van der Waals surface area contributed by atoms with Crippen LogP contribution >= 0.6 is 23.1 Å². The van der Waals surface area contributed by atoms with E-state index in [4.69, 9.17) is 9.72 Å². The molecule has 0 aliphatic carbocycles. The van der Waals surface area contributed by atoms with Crippen molar-refractivity contribution >= 4 is 45.2 Å². The molecule has 2 aliphatic rings. The summed E-state index contributed by atoms with van der Waals surface area (Å²) in [6, 6.07) is 8.04. The predicted molar refractivity (Wildman–Crippen MR) is 110 cm³/mol. The van der Waals surface area contributed by atoms with Gasteiger partial charge in [-0.15, -0.1) is 11.3 Å². The lowest BCUT2D eigenvalue weighted by molar-refractivity contribution is -0.128. The van der Waals surface area contributed by atoms with E-state index in [1.165, 1.54) is 11.8 Å². The first-order valence-corrected chi connectivity index (χ1v) is 11.0. The van der Waals surface area contributed by atoms with Crippen molar-refractivity contribution in [3.8, 4) is 0 Å². The average molecular weight is 414 g/mol. The highest BCUT2D eigenvalue weighted by atomic mass is 32.2. The number of amides is 1. The van der Waals surface area contributed by atoms with Crippen molar-refractivity contribution in [1.82, 2.24) is 19.9 Å². The zero-order valence-electron chi connectivity index (χ0n) is 15.2. The third-order valence-corrected chi connectivity index (χ3v) is 7.05. The molecule has 1 fully saturated rings. The van der Waals surface area contributed by atoms with Crippen molar-refractivity contribution in [1.29, 1.82) is 0 Å². The molecule has 0 saturated carbocycles. The summed E-state index contributed by atoms with van der Waals surface area (Å²) in [5.41, 5.74) is 2.98. The molecule has 0 N–H and O–H groups in total. The van der Waals surface area contributed by atoms with E-state index in [1.54, 1.807) is 11.3 Å². The van der Waals surface area contributed by atoms with Gasteiger partial charge in [0, 0.05) is 31.4 Å². The van der Waals surface area contributed by atoms with E-state index < -0.39 is 0 Å². The van der Waals surface area contributed by atoms with E-state index >= 15 is 0 Å². The lowest BCUT2D eigenvalue weighted by Crippen LogP contribution is -2.37. The number of morpholine rings is 1. The number of para-hydroxylation sites is 1. The van der Waals surface area contributed by atoms with E-state index in [2.05, 4.69) is 20.9 Å². The third-order valence-electron chi connectivity index (χ3n) is 4.88. The molecule has 0 bridgehead atoms. The van der Waals surface area contributed by atoms with Gasteiger partial charge in [-0.2, -0.15) is 0 Å². The van der Waals surface area contributed by atoms with Crippen LogP contribution in [0.1, 0.15) is 11.3 Å². The first-order chi connectivity index (χ1) is 13.8. The number of hydrogen-bond acceptors (Lipinski definition) is 8. The van der Waals surface area contributed by atoms with Crippen molar-refractivity contribution < 1.29 is 9.53 Å². The Morgan fingerprint density at radius 3 is 2.89 bits per heavy atom. The van der Waals surface area contributed by atoms with E-state index in [0.717, 1.165) is 44.9 Å². The maximum Gasteiger partial charge on any atom is 0.233 e. The zero-order valence-corrected chi connectivity index (χ0v) is 16.8. The molecule has 144 valence electrons. The van der Waals surface area contributed by atoms with Crippen LogP contribution < -0.4 is 4.90 Å². The number of nitrogens with zero attached hydrogens (tertiary/aromatic N) is 5. The molecule has 4 heterocycles. The predicted octanol–water partition coefficient (Wildman–Crippen LogP) is 2.56. The highest BCUT2D eigenvalue weighted by Crippen LogP contribution is 2.30. The van der Waals surface area contributed by atoms with Gasteiger partial charge in [-0.3, -0.25) is 4.79 Å². The highest BCUT2D eigenvalue weighted by molar-refractivity contribution is 8.01. The van der Waals surface area contributed by atoms with Gasteiger partial charge in [-0.1, -0.05) is 23.9 Å². The molecule has 7 nitrogen and oxygen atoms in total. The Kier molecular flexibility index (Phi) is 4.87. The normalized spacial score (nSPS) is 16.6. The largest absolute Gasteiger partial charge is 0.378 e. The Morgan fingerprint density at radius 2 is 2.04 bits per heavy atom. The van der Waals surface area contributed by atoms with Crippen molar-refractivity contribution in [2.45, 2.75) is 17.4 Å². The summed E-state index contributed by atoms with van der Waals surface area (Å²) in [6.45, 7) is 4.15. The molecule has 1 amide bonds. The fourth-order valence-corrected chi connectivity index (χ4v) is 5.33. The zero-order chi connectivity index (χ0) is 18.9. The number of carbonyl (C=O) groups is 1. The minimum Gasteiger partial charge on any atom is -0.378 e. The number of rotatable bonds is 4. The van der Waals surface area contributed by atoms with Crippen LogP contribution in [0.15, 0.2) is 34.8 Å². The van der Waals surface area contributed by atoms with Gasteiger partial charge in [0.25, 0.3) is 0 Å². The Labute approximate surface area is 170 Å². The van der Waals surface area contributed by atoms with Gasteiger partial charge < -0.3 is 14.5 Å². The number of aromatic nitrogens is 3. The minimum atomic E-state index is 0.107. The molecule has 0 spiro atoms. The summed E-state index contributed by atoms with van der Waals surface area (Å²) in [6.07, 6.45) is 1.86. The topological polar surface area (TPSA) is 71.5 Å². The monoisotopic (exact) mass is 413 g/mol. The van der Waals surface area contributed by atoms with Gasteiger partial charge in [0.05, 0.1) is 41.4 Å². The van der Waals surface area contributed by atoms with Gasteiger partial charge in [-0.25, -0.2) is 15.0 Å². The van der Waals surface area contributed by atoms with Crippen molar-refractivity contribution in [2.24, 2.45) is 0 Å². The number of benzene rings is 1. The Hall–Kier alpha value is -2.23. The van der Waals surface area contributed by atoms with Crippen LogP contribution in [0.5, 0.6) is 0 Å². The quantitative estimate of drug-likeness (QED) is 0.609. The first-order valence-electron chi connectivity index (χ1n) is 9.20. The minimum absolute atomic E-state index is 0.107. The fraction of sp³-hybridized carbons (Fsp3) is 0.368. The number of thiazole rings is 1. The van der Waals surface area contributed by atoms with Crippen LogP contribution in [-0.2, 0) is 22.6 Å². The van der Waals surface area contributed by atoms with Crippen LogP contribution in [0.2, 0.25) is 0 Å². The summed E-state index contributed by atoms with van der Waals surface area (Å²) in [5.74, 6) is 1.23. The molecule has 3 aromatic rings. The van der Waals surface area contributed by atoms with Gasteiger partial charge in [0.2, 0.25) is 11.9 Å². The molecule has 2 aromatic heterocycles. The second-order valence-electron chi connectivity index (χ2n) is 6.73. The molecular weight excluding hydrogens is 394 g/mol. The van der Waals surface area contributed by atoms with E-state index in [0.29, 0.717) is 32.1 Å². The fourth-order valence-electron chi connectivity index (χ4n) is 3.36. The maximum absolute atomic E-state index is 12.7. The van der Waals surface area contributed by atoms with Crippen molar-refractivity contribution in [3.05, 3.63) is 41.7 Å². The maximum atomic E-state index is 12.7. The summed E-state index contributed by atoms with van der Waals surface area (Å²) < 4.78 is 7.47. The molecule has 0 unspecified atom stereocenters. The number of ether oxygens (including phenoxy) is 1. The van der Waals surface area contributed by atoms with E-state index in [1.807, 2.05) is 29.3 Å². The standard InChI is InChI=1S/C19H19N5O2S2/c25-17(12-27-19-22-14-3-1-2-4-16(14)28-19)24-10-13-9-20-18(21-15(13)11-24)23-5-7-26-8-6-23/h1-4,9H,5-8,10-12H2. The lowest BCUT2D eigenvalue weighted by atomic mass is 10.3. The molecule has 0 atom stereocenters. The average Bonchev–Trinajstić information content (AvgIpc) is 3.35. The van der Waals surface area contributed by atoms with Crippen LogP contribution in [0.4, 0.5) is 5.95 Å². The molecule has 5 rings (SSSR count). The second kappa shape index (κ2) is 7.65. The first kappa shape index (κ1) is 17.8. The molecule has 0 radical (unpaired) electrons. The van der Waals surface area contributed by atoms with Crippen LogP contribution in [-0.4, -0.2) is 57.8 Å². The summed E-state index contributed by atoms with van der Waals surface area (Å²) in [7, 11) is 0. The lowest BCUT2D eigenvalue weighted by Gasteiger charge is -2.26. The number of carbonyl (C=O) groups excluding carboxylic acids is 1. The highest BCUT2D eigenvalue weighted by Gasteiger charge is 2.26. The van der Waals surface area contributed by atoms with Gasteiger partial charge in [0.1, 0.15) is 0 Å². The second-order valence-corrected chi connectivity index (χ2v) is 8.98. The molecule has 1 aromatic carbocycles. The summed E-state index contributed by atoms with van der Waals surface area (Å²) in [4.78, 5) is 30.5. The summed E-state index contributed by atoms with van der Waals surface area (Å²) >= 11 is 3.13. The summed E-state index contributed by atoms with van der Waals surface area (Å²) in [5, 5.41) is 0. The van der Waals surface area contributed by atoms with Crippen LogP contribution in [0.25, 0.3) is 10.2 Å². The Bertz CT molecular complexity index is 985. The number of anilines is 1. The molecule has 9 heteroatoms. The number of hydrogen-bond donors (Lipinski definition) is 0. The van der Waals surface area contributed by atoms with Crippen molar-refractivity contribution in [3.63, 3.8) is 0 Å². The molecule has 1 saturated heterocycles. The van der Waals surface area contributed by atoms with Gasteiger partial charge in [0.15, 0.2) is 4.34 Å². The number of thioether (sulfide) groups is 1. The van der Waals surface area contributed by atoms with Gasteiger partial charge >= 0.3 is 0 Å². The van der Waals surface area contributed by atoms with Gasteiger partial charge in [-0.05, 0) is 12.1 Å². The van der Waals surface area contributed by atoms with Crippen LogP contribution in [0, 0.1) is 0 Å². The van der Waals surface area contributed by atoms with E-state index in [-0.39, 0.29) is 5.91 Å². The SMILES string of the molecule is O=C(CSc1nc2ccccc2s1)N1Cc2cnc(N3CCOCC3)nc2C1. The number of fused-ring (bicyclic) bond motifs is 2. The third kappa shape index (κ3) is 3.57. The molecular formula is C19H19N5O2S2. The van der Waals surface area contributed by atoms with Crippen LogP contribution in [0.3, 0.4) is 0 Å². The smallest absolute Gasteiger partial charge is 0.233 e. The Balaban J connectivity index is 1.22. The van der Waals surface area contributed by atoms with Crippen molar-refractivity contribution in [2.75, 3.05) is 37.0 Å².